The second-order valence-corrected chi connectivity index (χ2v) is 9.35. The Morgan fingerprint density at radius 2 is 1.67 bits per heavy atom. The summed E-state index contributed by atoms with van der Waals surface area (Å²) in [5.74, 6) is 0.693. The van der Waals surface area contributed by atoms with Gasteiger partial charge in [-0.3, -0.25) is 0 Å². The van der Waals surface area contributed by atoms with Crippen molar-refractivity contribution in [3.63, 3.8) is 0 Å². The van der Waals surface area contributed by atoms with Gasteiger partial charge in [-0.05, 0) is 35.4 Å². The van der Waals surface area contributed by atoms with Crippen molar-refractivity contribution >= 4 is 21.6 Å². The van der Waals surface area contributed by atoms with Crippen molar-refractivity contribution in [3.8, 4) is 5.75 Å². The maximum absolute atomic E-state index is 13.1. The Balaban J connectivity index is 1.51. The van der Waals surface area contributed by atoms with E-state index < -0.39 is 10.0 Å². The lowest BCUT2D eigenvalue weighted by Gasteiger charge is -2.20. The molecule has 0 amide bonds. The Bertz CT molecular complexity index is 1120. The first kappa shape index (κ1) is 20.9. The molecule has 1 heterocycles. The Morgan fingerprint density at radius 1 is 0.933 bits per heavy atom. The largest absolute Gasteiger partial charge is 0.492 e. The molecule has 0 N–H and O–H groups in total. The predicted octanol–water partition coefficient (Wildman–Crippen LogP) is 4.64. The van der Waals surface area contributed by atoms with Crippen LogP contribution in [0.4, 0.5) is 0 Å². The van der Waals surface area contributed by atoms with Crippen LogP contribution in [-0.4, -0.2) is 25.9 Å². The summed E-state index contributed by atoms with van der Waals surface area (Å²) in [6, 6.07) is 22.2. The number of hydrogen-bond donors (Lipinski definition) is 0. The normalized spacial score (nSPS) is 14.6. The molecule has 0 saturated carbocycles. The van der Waals surface area contributed by atoms with Crippen LogP contribution in [0.25, 0.3) is 0 Å². The van der Waals surface area contributed by atoms with Crippen molar-refractivity contribution in [2.24, 2.45) is 0 Å². The highest BCUT2D eigenvalue weighted by Gasteiger charge is 2.29. The van der Waals surface area contributed by atoms with Gasteiger partial charge in [0.2, 0.25) is 10.0 Å². The van der Waals surface area contributed by atoms with E-state index in [9.17, 15) is 8.42 Å². The van der Waals surface area contributed by atoms with Gasteiger partial charge in [0, 0.05) is 18.7 Å². The van der Waals surface area contributed by atoms with Crippen molar-refractivity contribution in [1.29, 1.82) is 0 Å². The van der Waals surface area contributed by atoms with Gasteiger partial charge in [-0.1, -0.05) is 60.1 Å². The van der Waals surface area contributed by atoms with Gasteiger partial charge in [0.25, 0.3) is 0 Å². The predicted molar refractivity (Wildman–Crippen MR) is 116 cm³/mol. The fraction of sp³-hybridized carbons (Fsp3) is 0.217. The summed E-state index contributed by atoms with van der Waals surface area (Å²) in [5, 5.41) is 0.214. The molecule has 5 nitrogen and oxygen atoms in total. The summed E-state index contributed by atoms with van der Waals surface area (Å²) < 4.78 is 39.3. The number of halogens is 1. The Kier molecular flexibility index (Phi) is 6.39. The summed E-state index contributed by atoms with van der Waals surface area (Å²) in [7, 11) is -3.73. The molecule has 1 aliphatic heterocycles. The first-order valence-corrected chi connectivity index (χ1v) is 11.5. The number of fused-ring (bicyclic) bond motifs is 1. The summed E-state index contributed by atoms with van der Waals surface area (Å²) in [6.07, 6.45) is 0. The molecule has 0 aliphatic carbocycles. The van der Waals surface area contributed by atoms with Crippen LogP contribution in [0.1, 0.15) is 16.7 Å². The molecule has 3 aromatic carbocycles. The third-order valence-electron chi connectivity index (χ3n) is 4.90. The molecule has 3 aromatic rings. The van der Waals surface area contributed by atoms with Crippen molar-refractivity contribution in [1.82, 2.24) is 4.31 Å². The van der Waals surface area contributed by atoms with Crippen molar-refractivity contribution in [3.05, 3.63) is 94.5 Å². The third kappa shape index (κ3) is 4.68. The summed E-state index contributed by atoms with van der Waals surface area (Å²) in [4.78, 5) is 0.109. The Labute approximate surface area is 181 Å². The highest BCUT2D eigenvalue weighted by Crippen LogP contribution is 2.30. The molecular weight excluding hydrogens is 422 g/mol. The van der Waals surface area contributed by atoms with Crippen molar-refractivity contribution in [2.45, 2.75) is 24.7 Å². The lowest BCUT2D eigenvalue weighted by molar-refractivity contribution is 0.107. The van der Waals surface area contributed by atoms with Gasteiger partial charge < -0.3 is 9.47 Å². The minimum atomic E-state index is -3.73. The van der Waals surface area contributed by atoms with E-state index in [4.69, 9.17) is 21.1 Å². The molecule has 30 heavy (non-hydrogen) atoms. The van der Waals surface area contributed by atoms with Crippen molar-refractivity contribution < 1.29 is 17.9 Å². The van der Waals surface area contributed by atoms with Crippen LogP contribution in [0.2, 0.25) is 5.02 Å². The minimum Gasteiger partial charge on any atom is -0.492 e. The van der Waals surface area contributed by atoms with E-state index in [2.05, 4.69) is 0 Å². The highest BCUT2D eigenvalue weighted by atomic mass is 35.5. The maximum Gasteiger partial charge on any atom is 0.244 e. The minimum absolute atomic E-state index is 0.109. The topological polar surface area (TPSA) is 55.8 Å². The molecule has 0 fully saturated rings. The number of hydrogen-bond acceptors (Lipinski definition) is 4. The molecule has 1 aliphatic rings. The second-order valence-electron chi connectivity index (χ2n) is 7.04. The van der Waals surface area contributed by atoms with Gasteiger partial charge in [-0.2, -0.15) is 4.31 Å². The molecular formula is C23H22ClNO4S. The van der Waals surface area contributed by atoms with Gasteiger partial charge in [-0.15, -0.1) is 0 Å². The van der Waals surface area contributed by atoms with Crippen LogP contribution < -0.4 is 4.74 Å². The summed E-state index contributed by atoms with van der Waals surface area (Å²) >= 11 is 6.15. The monoisotopic (exact) mass is 443 g/mol. The van der Waals surface area contributed by atoms with Gasteiger partial charge in [0.05, 0.1) is 18.2 Å². The molecule has 0 radical (unpaired) electrons. The number of benzene rings is 3. The van der Waals surface area contributed by atoms with E-state index >= 15 is 0 Å². The van der Waals surface area contributed by atoms with Gasteiger partial charge >= 0.3 is 0 Å². The van der Waals surface area contributed by atoms with Crippen LogP contribution in [0.5, 0.6) is 5.75 Å². The number of sulfonamides is 1. The van der Waals surface area contributed by atoms with Crippen LogP contribution in [0.15, 0.2) is 77.7 Å². The standard InChI is InChI=1S/C23H22ClNO4S/c24-21-8-4-5-9-23(21)30(26,27)25-12-13-29-22-11-10-19(14-20(22)15-25)17-28-16-18-6-2-1-3-7-18/h1-11,14H,12-13,15-17H2. The van der Waals surface area contributed by atoms with E-state index in [1.807, 2.05) is 48.5 Å². The molecule has 4 rings (SSSR count). The maximum atomic E-state index is 13.1. The number of rotatable bonds is 6. The molecule has 0 unspecified atom stereocenters. The van der Waals surface area contributed by atoms with Crippen LogP contribution >= 0.6 is 11.6 Å². The van der Waals surface area contributed by atoms with E-state index in [0.717, 1.165) is 16.7 Å². The average Bonchev–Trinajstić information content (AvgIpc) is 2.97. The van der Waals surface area contributed by atoms with E-state index in [-0.39, 0.29) is 29.6 Å². The SMILES string of the molecule is O=S(=O)(c1ccccc1Cl)N1CCOc2ccc(COCc3ccccc3)cc2C1. The summed E-state index contributed by atoms with van der Waals surface area (Å²) in [6.45, 7) is 1.69. The first-order chi connectivity index (χ1) is 14.5. The third-order valence-corrected chi connectivity index (χ3v) is 7.25. The number of nitrogens with zero attached hydrogens (tertiary/aromatic N) is 1. The van der Waals surface area contributed by atoms with Crippen LogP contribution in [0, 0.1) is 0 Å². The molecule has 156 valence electrons. The zero-order chi connectivity index (χ0) is 21.0. The fourth-order valence-electron chi connectivity index (χ4n) is 3.37. The van der Waals surface area contributed by atoms with Crippen LogP contribution in [-0.2, 0) is 34.5 Å². The van der Waals surface area contributed by atoms with Crippen molar-refractivity contribution in [2.75, 3.05) is 13.2 Å². The molecule has 0 spiro atoms. The van der Waals surface area contributed by atoms with Crippen LogP contribution in [0.3, 0.4) is 0 Å². The first-order valence-electron chi connectivity index (χ1n) is 9.65. The zero-order valence-electron chi connectivity index (χ0n) is 16.3. The molecule has 7 heteroatoms. The van der Waals surface area contributed by atoms with Gasteiger partial charge in [0.15, 0.2) is 0 Å². The molecule has 0 atom stereocenters. The Hall–Kier alpha value is -2.38. The zero-order valence-corrected chi connectivity index (χ0v) is 17.9. The average molecular weight is 444 g/mol. The number of ether oxygens (including phenoxy) is 2. The highest BCUT2D eigenvalue weighted by molar-refractivity contribution is 7.89. The summed E-state index contributed by atoms with van der Waals surface area (Å²) in [5.41, 5.74) is 2.88. The van der Waals surface area contributed by atoms with E-state index in [1.165, 1.54) is 10.4 Å². The lowest BCUT2D eigenvalue weighted by Crippen LogP contribution is -2.32. The lowest BCUT2D eigenvalue weighted by atomic mass is 10.1. The fourth-order valence-corrected chi connectivity index (χ4v) is 5.27. The quantitative estimate of drug-likeness (QED) is 0.557. The smallest absolute Gasteiger partial charge is 0.244 e. The molecule has 0 saturated heterocycles. The molecule has 0 bridgehead atoms. The van der Waals surface area contributed by atoms with Gasteiger partial charge in [0.1, 0.15) is 17.3 Å². The molecule has 0 aromatic heterocycles. The van der Waals surface area contributed by atoms with E-state index in [1.54, 1.807) is 18.2 Å². The Morgan fingerprint density at radius 3 is 2.47 bits per heavy atom. The second kappa shape index (κ2) is 9.18. The van der Waals surface area contributed by atoms with E-state index in [0.29, 0.717) is 19.0 Å². The van der Waals surface area contributed by atoms with Gasteiger partial charge in [-0.25, -0.2) is 8.42 Å².